The van der Waals surface area contributed by atoms with Crippen LogP contribution in [0.1, 0.15) is 10.8 Å². The van der Waals surface area contributed by atoms with Crippen LogP contribution in [0, 0.1) is 5.82 Å². The monoisotopic (exact) mass is 261 g/mol. The lowest BCUT2D eigenvalue weighted by Gasteiger charge is -2.13. The maximum absolute atomic E-state index is 13.6. The van der Waals surface area contributed by atoms with Gasteiger partial charge in [-0.05, 0) is 17.7 Å². The second-order valence-electron chi connectivity index (χ2n) is 3.74. The number of carbonyl (C=O) groups is 1. The van der Waals surface area contributed by atoms with Gasteiger partial charge in [0, 0.05) is 4.90 Å². The largest absolute Gasteiger partial charge is 0.368 e. The highest BCUT2D eigenvalue weighted by atomic mass is 32.2. The van der Waals surface area contributed by atoms with E-state index in [0.717, 1.165) is 17.3 Å². The minimum atomic E-state index is -0.580. The van der Waals surface area contributed by atoms with Gasteiger partial charge in [0.1, 0.15) is 11.1 Å². The smallest absolute Gasteiger partial charge is 0.235 e. The van der Waals surface area contributed by atoms with Gasteiger partial charge in [0.2, 0.25) is 5.91 Å². The minimum Gasteiger partial charge on any atom is -0.368 e. The van der Waals surface area contributed by atoms with Crippen LogP contribution in [0.3, 0.4) is 0 Å². The second kappa shape index (κ2) is 5.69. The average Bonchev–Trinajstić information content (AvgIpc) is 2.38. The third kappa shape index (κ3) is 2.90. The molecule has 0 saturated heterocycles. The highest BCUT2D eigenvalue weighted by molar-refractivity contribution is 8.00. The van der Waals surface area contributed by atoms with Crippen molar-refractivity contribution in [3.63, 3.8) is 0 Å². The van der Waals surface area contributed by atoms with Crippen LogP contribution < -0.4 is 5.73 Å². The lowest BCUT2D eigenvalue weighted by molar-refractivity contribution is -0.117. The molecule has 1 amide bonds. The first-order chi connectivity index (χ1) is 8.68. The number of rotatable bonds is 4. The molecule has 18 heavy (non-hydrogen) atoms. The Morgan fingerprint density at radius 1 is 1.06 bits per heavy atom. The molecule has 2 aromatic rings. The van der Waals surface area contributed by atoms with E-state index in [4.69, 9.17) is 5.73 Å². The van der Waals surface area contributed by atoms with Gasteiger partial charge in [-0.15, -0.1) is 11.8 Å². The molecule has 0 aliphatic rings. The highest BCUT2D eigenvalue weighted by Crippen LogP contribution is 2.36. The summed E-state index contributed by atoms with van der Waals surface area (Å²) in [6.07, 6.45) is 0. The fraction of sp³-hybridized carbons (Fsp3) is 0.0714. The summed E-state index contributed by atoms with van der Waals surface area (Å²) in [5, 5.41) is -0.580. The number of benzene rings is 2. The van der Waals surface area contributed by atoms with Crippen LogP contribution in [0.4, 0.5) is 4.39 Å². The van der Waals surface area contributed by atoms with Crippen molar-refractivity contribution in [2.75, 3.05) is 0 Å². The van der Waals surface area contributed by atoms with Crippen molar-refractivity contribution >= 4 is 17.7 Å². The molecule has 0 aliphatic carbocycles. The van der Waals surface area contributed by atoms with Gasteiger partial charge in [-0.2, -0.15) is 0 Å². The summed E-state index contributed by atoms with van der Waals surface area (Å²) in [5.74, 6) is -0.820. The van der Waals surface area contributed by atoms with Crippen LogP contribution in [0.5, 0.6) is 0 Å². The molecule has 4 heteroatoms. The number of amides is 1. The third-order valence-corrected chi connectivity index (χ3v) is 3.77. The van der Waals surface area contributed by atoms with E-state index in [1.54, 1.807) is 18.2 Å². The van der Waals surface area contributed by atoms with Crippen molar-refractivity contribution in [3.8, 4) is 0 Å². The SMILES string of the molecule is NC(=O)[C@H](Sc1ccccc1F)c1ccccc1. The number of nitrogens with two attached hydrogens (primary N) is 1. The zero-order valence-electron chi connectivity index (χ0n) is 9.55. The predicted molar refractivity (Wildman–Crippen MR) is 70.6 cm³/mol. The molecule has 0 aromatic heterocycles. The first-order valence-electron chi connectivity index (χ1n) is 5.44. The minimum absolute atomic E-state index is 0.343. The van der Waals surface area contributed by atoms with Crippen molar-refractivity contribution in [1.29, 1.82) is 0 Å². The van der Waals surface area contributed by atoms with E-state index in [9.17, 15) is 9.18 Å². The molecule has 0 unspecified atom stereocenters. The molecule has 0 fully saturated rings. The van der Waals surface area contributed by atoms with Gasteiger partial charge < -0.3 is 5.73 Å². The fourth-order valence-electron chi connectivity index (χ4n) is 1.59. The van der Waals surface area contributed by atoms with Gasteiger partial charge in [-0.25, -0.2) is 4.39 Å². The van der Waals surface area contributed by atoms with Crippen LogP contribution in [-0.2, 0) is 4.79 Å². The van der Waals surface area contributed by atoms with E-state index in [1.165, 1.54) is 6.07 Å². The van der Waals surface area contributed by atoms with Crippen LogP contribution >= 0.6 is 11.8 Å². The maximum Gasteiger partial charge on any atom is 0.235 e. The number of hydrogen-bond acceptors (Lipinski definition) is 2. The molecule has 0 aliphatic heterocycles. The molecular formula is C14H12FNOS. The fourth-order valence-corrected chi connectivity index (χ4v) is 2.59. The first-order valence-corrected chi connectivity index (χ1v) is 6.32. The molecule has 0 bridgehead atoms. The zero-order valence-corrected chi connectivity index (χ0v) is 10.4. The van der Waals surface area contributed by atoms with Crippen molar-refractivity contribution < 1.29 is 9.18 Å². The van der Waals surface area contributed by atoms with Crippen molar-refractivity contribution in [3.05, 3.63) is 66.0 Å². The Labute approximate surface area is 109 Å². The van der Waals surface area contributed by atoms with Crippen molar-refractivity contribution in [1.82, 2.24) is 0 Å². The summed E-state index contributed by atoms with van der Waals surface area (Å²) in [6, 6.07) is 15.5. The molecule has 2 N–H and O–H groups in total. The molecule has 0 saturated carbocycles. The van der Waals surface area contributed by atoms with Gasteiger partial charge in [0.25, 0.3) is 0 Å². The van der Waals surface area contributed by atoms with Crippen LogP contribution in [0.25, 0.3) is 0 Å². The number of primary amides is 1. The van der Waals surface area contributed by atoms with E-state index in [0.29, 0.717) is 4.90 Å². The Balaban J connectivity index is 2.28. The van der Waals surface area contributed by atoms with Gasteiger partial charge in [-0.1, -0.05) is 42.5 Å². The highest BCUT2D eigenvalue weighted by Gasteiger charge is 2.20. The van der Waals surface area contributed by atoms with Crippen LogP contribution in [-0.4, -0.2) is 5.91 Å². The number of thioether (sulfide) groups is 1. The molecule has 2 nitrogen and oxygen atoms in total. The van der Waals surface area contributed by atoms with Crippen molar-refractivity contribution in [2.24, 2.45) is 5.73 Å². The van der Waals surface area contributed by atoms with E-state index in [-0.39, 0.29) is 5.82 Å². The number of halogens is 1. The van der Waals surface area contributed by atoms with E-state index >= 15 is 0 Å². The van der Waals surface area contributed by atoms with Gasteiger partial charge in [0.05, 0.1) is 0 Å². The summed E-state index contributed by atoms with van der Waals surface area (Å²) < 4.78 is 13.6. The zero-order chi connectivity index (χ0) is 13.0. The molecule has 0 radical (unpaired) electrons. The normalized spacial score (nSPS) is 12.1. The summed E-state index contributed by atoms with van der Waals surface area (Å²) in [4.78, 5) is 11.9. The Morgan fingerprint density at radius 2 is 1.67 bits per heavy atom. The molecular weight excluding hydrogens is 249 g/mol. The summed E-state index contributed by atoms with van der Waals surface area (Å²) >= 11 is 1.13. The lowest BCUT2D eigenvalue weighted by atomic mass is 10.1. The molecule has 0 heterocycles. The molecule has 2 rings (SSSR count). The van der Waals surface area contributed by atoms with Gasteiger partial charge >= 0.3 is 0 Å². The lowest BCUT2D eigenvalue weighted by Crippen LogP contribution is -2.18. The van der Waals surface area contributed by atoms with Crippen molar-refractivity contribution in [2.45, 2.75) is 10.1 Å². The Kier molecular flexibility index (Phi) is 3.99. The molecule has 1 atom stereocenters. The summed E-state index contributed by atoms with van der Waals surface area (Å²) in [5.41, 5.74) is 6.16. The molecule has 2 aromatic carbocycles. The Morgan fingerprint density at radius 3 is 2.28 bits per heavy atom. The van der Waals surface area contributed by atoms with E-state index in [2.05, 4.69) is 0 Å². The van der Waals surface area contributed by atoms with E-state index < -0.39 is 11.2 Å². The predicted octanol–water partition coefficient (Wildman–Crippen LogP) is 3.14. The molecule has 0 spiro atoms. The topological polar surface area (TPSA) is 43.1 Å². The van der Waals surface area contributed by atoms with Gasteiger partial charge in [0.15, 0.2) is 0 Å². The van der Waals surface area contributed by atoms with Gasteiger partial charge in [-0.3, -0.25) is 4.79 Å². The average molecular weight is 261 g/mol. The summed E-state index contributed by atoms with van der Waals surface area (Å²) in [6.45, 7) is 0. The summed E-state index contributed by atoms with van der Waals surface area (Å²) in [7, 11) is 0. The number of hydrogen-bond donors (Lipinski definition) is 1. The Hall–Kier alpha value is -1.81. The second-order valence-corrected chi connectivity index (χ2v) is 4.89. The Bertz CT molecular complexity index is 545. The molecule has 92 valence electrons. The first kappa shape index (κ1) is 12.6. The quantitative estimate of drug-likeness (QED) is 0.859. The number of carbonyl (C=O) groups excluding carboxylic acids is 1. The van der Waals surface area contributed by atoms with Crippen LogP contribution in [0.15, 0.2) is 59.5 Å². The maximum atomic E-state index is 13.6. The van der Waals surface area contributed by atoms with Crippen LogP contribution in [0.2, 0.25) is 0 Å². The standard InChI is InChI=1S/C14H12FNOS/c15-11-8-4-5-9-12(11)18-13(14(16)17)10-6-2-1-3-7-10/h1-9,13H,(H2,16,17)/t13-/m1/s1. The van der Waals surface area contributed by atoms with E-state index in [1.807, 2.05) is 30.3 Å². The third-order valence-electron chi connectivity index (χ3n) is 2.44.